The Morgan fingerprint density at radius 1 is 1.21 bits per heavy atom. The van der Waals surface area contributed by atoms with Gasteiger partial charge in [0.05, 0.1) is 0 Å². The van der Waals surface area contributed by atoms with Crippen molar-refractivity contribution < 1.29 is 4.79 Å². The first-order chi connectivity index (χ1) is 11.7. The fourth-order valence-corrected chi connectivity index (χ4v) is 3.58. The molecular weight excluding hydrogens is 300 g/mol. The van der Waals surface area contributed by atoms with E-state index in [1.54, 1.807) is 0 Å². The molecule has 5 nitrogen and oxygen atoms in total. The summed E-state index contributed by atoms with van der Waals surface area (Å²) in [6.45, 7) is 9.21. The number of nitrogens with zero attached hydrogens (tertiary/aromatic N) is 2. The second-order valence-corrected chi connectivity index (χ2v) is 7.01. The van der Waals surface area contributed by atoms with Gasteiger partial charge in [-0.15, -0.1) is 0 Å². The monoisotopic (exact) mass is 330 g/mol. The van der Waals surface area contributed by atoms with E-state index in [0.717, 1.165) is 58.7 Å². The fraction of sp³-hybridized carbons (Fsp3) is 0.632. The van der Waals surface area contributed by atoms with Gasteiger partial charge in [-0.1, -0.05) is 12.1 Å². The van der Waals surface area contributed by atoms with Crippen LogP contribution in [-0.2, 0) is 4.79 Å². The number of carbonyl (C=O) groups excluding carboxylic acids is 1. The number of carbonyl (C=O) groups is 1. The number of piperazine rings is 1. The summed E-state index contributed by atoms with van der Waals surface area (Å²) in [5, 5.41) is 6.51. The lowest BCUT2D eigenvalue weighted by Crippen LogP contribution is -2.48. The number of benzene rings is 1. The molecule has 2 N–H and O–H groups in total. The van der Waals surface area contributed by atoms with Crippen LogP contribution < -0.4 is 15.5 Å². The molecule has 0 atom stereocenters. The number of anilines is 1. The third-order valence-electron chi connectivity index (χ3n) is 5.10. The van der Waals surface area contributed by atoms with Gasteiger partial charge < -0.3 is 15.5 Å². The van der Waals surface area contributed by atoms with Crippen molar-refractivity contribution in [1.82, 2.24) is 15.5 Å². The van der Waals surface area contributed by atoms with E-state index in [2.05, 4.69) is 51.6 Å². The summed E-state index contributed by atoms with van der Waals surface area (Å²) in [6.07, 6.45) is 2.73. The molecule has 1 aromatic carbocycles. The second kappa shape index (κ2) is 8.49. The van der Waals surface area contributed by atoms with Crippen LogP contribution >= 0.6 is 0 Å². The van der Waals surface area contributed by atoms with Crippen LogP contribution in [0.2, 0.25) is 0 Å². The summed E-state index contributed by atoms with van der Waals surface area (Å²) in [6, 6.07) is 9.08. The summed E-state index contributed by atoms with van der Waals surface area (Å²) in [5.41, 5.74) is 2.63. The Kier molecular flexibility index (Phi) is 6.10. The summed E-state index contributed by atoms with van der Waals surface area (Å²) < 4.78 is 0. The van der Waals surface area contributed by atoms with Crippen molar-refractivity contribution in [2.45, 2.75) is 32.2 Å². The lowest BCUT2D eigenvalue weighted by atomic mass is 10.1. The van der Waals surface area contributed by atoms with Gasteiger partial charge in [-0.3, -0.25) is 9.69 Å². The maximum absolute atomic E-state index is 12.1. The molecule has 3 rings (SSSR count). The van der Waals surface area contributed by atoms with Crippen molar-refractivity contribution in [3.8, 4) is 0 Å². The van der Waals surface area contributed by atoms with Crippen molar-refractivity contribution in [3.63, 3.8) is 0 Å². The molecule has 0 saturated carbocycles. The summed E-state index contributed by atoms with van der Waals surface area (Å²) in [7, 11) is 0. The number of amides is 1. The number of aryl methyl sites for hydroxylation is 1. The molecule has 0 radical (unpaired) electrons. The Labute approximate surface area is 145 Å². The maximum Gasteiger partial charge on any atom is 0.221 e. The van der Waals surface area contributed by atoms with Crippen LogP contribution in [0, 0.1) is 6.92 Å². The first-order valence-electron chi connectivity index (χ1n) is 9.25. The Balaban J connectivity index is 1.37. The molecule has 2 aliphatic heterocycles. The molecular formula is C19H30N4O. The summed E-state index contributed by atoms with van der Waals surface area (Å²) >= 11 is 0. The zero-order valence-corrected chi connectivity index (χ0v) is 14.8. The number of rotatable bonds is 5. The van der Waals surface area contributed by atoms with Crippen LogP contribution in [0.4, 0.5) is 5.69 Å². The van der Waals surface area contributed by atoms with Crippen LogP contribution in [0.3, 0.4) is 0 Å². The van der Waals surface area contributed by atoms with Crippen molar-refractivity contribution in [1.29, 1.82) is 0 Å². The van der Waals surface area contributed by atoms with Crippen LogP contribution in [0.1, 0.15) is 24.8 Å². The van der Waals surface area contributed by atoms with Crippen molar-refractivity contribution in [3.05, 3.63) is 29.8 Å². The van der Waals surface area contributed by atoms with E-state index < -0.39 is 0 Å². The van der Waals surface area contributed by atoms with Gasteiger partial charge >= 0.3 is 0 Å². The Bertz CT molecular complexity index is 534. The minimum Gasteiger partial charge on any atom is -0.369 e. The Morgan fingerprint density at radius 3 is 2.67 bits per heavy atom. The molecule has 1 aromatic rings. The highest BCUT2D eigenvalue weighted by molar-refractivity contribution is 5.76. The highest BCUT2D eigenvalue weighted by Crippen LogP contribution is 2.17. The molecule has 5 heteroatoms. The molecule has 1 amide bonds. The van der Waals surface area contributed by atoms with Gasteiger partial charge in [-0.25, -0.2) is 0 Å². The third kappa shape index (κ3) is 4.95. The zero-order chi connectivity index (χ0) is 16.8. The number of piperidine rings is 1. The Hall–Kier alpha value is -1.59. The molecule has 2 fully saturated rings. The quantitative estimate of drug-likeness (QED) is 0.856. The van der Waals surface area contributed by atoms with E-state index in [1.807, 2.05) is 0 Å². The smallest absolute Gasteiger partial charge is 0.221 e. The van der Waals surface area contributed by atoms with Gasteiger partial charge in [0.25, 0.3) is 0 Å². The summed E-state index contributed by atoms with van der Waals surface area (Å²) in [5.74, 6) is 0.211. The fourth-order valence-electron chi connectivity index (χ4n) is 3.58. The standard InChI is InChI=1S/C19H30N4O/c1-16-3-2-4-18(15-16)23-13-11-22(12-14-23)10-7-19(24)21-17-5-8-20-9-6-17/h2-4,15,17,20H,5-14H2,1H3,(H,21,24). The topological polar surface area (TPSA) is 47.6 Å². The van der Waals surface area contributed by atoms with E-state index in [4.69, 9.17) is 0 Å². The predicted molar refractivity (Wildman–Crippen MR) is 98.5 cm³/mol. The van der Waals surface area contributed by atoms with Crippen molar-refractivity contribution >= 4 is 11.6 Å². The predicted octanol–water partition coefficient (Wildman–Crippen LogP) is 1.38. The van der Waals surface area contributed by atoms with Gasteiger partial charge in [0, 0.05) is 50.9 Å². The van der Waals surface area contributed by atoms with Crippen LogP contribution in [-0.4, -0.2) is 62.7 Å². The van der Waals surface area contributed by atoms with Crippen LogP contribution in [0.15, 0.2) is 24.3 Å². The Morgan fingerprint density at radius 2 is 1.96 bits per heavy atom. The average Bonchev–Trinajstić information content (AvgIpc) is 2.61. The molecule has 132 valence electrons. The van der Waals surface area contributed by atoms with Crippen LogP contribution in [0.25, 0.3) is 0 Å². The minimum absolute atomic E-state index is 0.211. The zero-order valence-electron chi connectivity index (χ0n) is 14.8. The van der Waals surface area contributed by atoms with E-state index >= 15 is 0 Å². The second-order valence-electron chi connectivity index (χ2n) is 7.01. The third-order valence-corrected chi connectivity index (χ3v) is 5.10. The van der Waals surface area contributed by atoms with E-state index in [0.29, 0.717) is 12.5 Å². The first kappa shape index (κ1) is 17.2. The van der Waals surface area contributed by atoms with E-state index in [-0.39, 0.29) is 5.91 Å². The molecule has 2 aliphatic rings. The molecule has 2 heterocycles. The highest BCUT2D eigenvalue weighted by atomic mass is 16.1. The maximum atomic E-state index is 12.1. The van der Waals surface area contributed by atoms with Gasteiger partial charge in [-0.05, 0) is 50.6 Å². The lowest BCUT2D eigenvalue weighted by Gasteiger charge is -2.36. The molecule has 0 unspecified atom stereocenters. The normalized spacial score (nSPS) is 20.1. The summed E-state index contributed by atoms with van der Waals surface area (Å²) in [4.78, 5) is 17.0. The van der Waals surface area contributed by atoms with Crippen molar-refractivity contribution in [2.24, 2.45) is 0 Å². The number of nitrogens with one attached hydrogen (secondary N) is 2. The lowest BCUT2D eigenvalue weighted by molar-refractivity contribution is -0.122. The minimum atomic E-state index is 0.211. The van der Waals surface area contributed by atoms with Crippen molar-refractivity contribution in [2.75, 3.05) is 50.7 Å². The van der Waals surface area contributed by atoms with Gasteiger partial charge in [0.15, 0.2) is 0 Å². The number of hydrogen-bond donors (Lipinski definition) is 2. The molecule has 2 saturated heterocycles. The SMILES string of the molecule is Cc1cccc(N2CCN(CCC(=O)NC3CCNCC3)CC2)c1. The first-order valence-corrected chi connectivity index (χ1v) is 9.25. The largest absolute Gasteiger partial charge is 0.369 e. The molecule has 24 heavy (non-hydrogen) atoms. The molecule has 0 aromatic heterocycles. The van der Waals surface area contributed by atoms with Crippen LogP contribution in [0.5, 0.6) is 0 Å². The molecule has 0 bridgehead atoms. The highest BCUT2D eigenvalue weighted by Gasteiger charge is 2.19. The molecule has 0 spiro atoms. The van der Waals surface area contributed by atoms with E-state index in [9.17, 15) is 4.79 Å². The van der Waals surface area contributed by atoms with Gasteiger partial charge in [0.2, 0.25) is 5.91 Å². The van der Waals surface area contributed by atoms with Gasteiger partial charge in [0.1, 0.15) is 0 Å². The average molecular weight is 330 g/mol. The van der Waals surface area contributed by atoms with Gasteiger partial charge in [-0.2, -0.15) is 0 Å². The number of hydrogen-bond acceptors (Lipinski definition) is 4. The molecule has 0 aliphatic carbocycles. The van der Waals surface area contributed by atoms with E-state index in [1.165, 1.54) is 11.3 Å².